The van der Waals surface area contributed by atoms with Crippen LogP contribution in [-0.4, -0.2) is 41.8 Å². The molecule has 7 heteroatoms. The van der Waals surface area contributed by atoms with Gasteiger partial charge < -0.3 is 20.5 Å². The van der Waals surface area contributed by atoms with Crippen LogP contribution < -0.4 is 10.6 Å². The van der Waals surface area contributed by atoms with Gasteiger partial charge in [0.1, 0.15) is 12.6 Å². The number of amides is 2. The van der Waals surface area contributed by atoms with Crippen molar-refractivity contribution in [1.29, 1.82) is 0 Å². The number of benzene rings is 2. The first-order valence-corrected chi connectivity index (χ1v) is 12.2. The van der Waals surface area contributed by atoms with Crippen LogP contribution in [0.2, 0.25) is 0 Å². The second-order valence-electron chi connectivity index (χ2n) is 9.69. The molecular formula is C27H30N2O5. The minimum atomic E-state index is -1.00. The number of nitrogens with one attached hydrogen (secondary N) is 2. The van der Waals surface area contributed by atoms with Gasteiger partial charge >= 0.3 is 12.1 Å². The SMILES string of the molecule is O=C(N[C@H]1CCC[C@H]1C(=O)N[C@@H](CC1CC1)C(=O)O)OCC1c2ccccc2-c2ccccc21. The van der Waals surface area contributed by atoms with E-state index < -0.39 is 24.0 Å². The summed E-state index contributed by atoms with van der Waals surface area (Å²) in [5.41, 5.74) is 4.62. The Balaban J connectivity index is 1.18. The summed E-state index contributed by atoms with van der Waals surface area (Å²) in [6, 6.07) is 15.1. The Morgan fingerprint density at radius 2 is 1.59 bits per heavy atom. The molecule has 3 atom stereocenters. The third kappa shape index (κ3) is 4.65. The van der Waals surface area contributed by atoms with Crippen molar-refractivity contribution >= 4 is 18.0 Å². The van der Waals surface area contributed by atoms with E-state index in [0.29, 0.717) is 25.2 Å². The van der Waals surface area contributed by atoms with Crippen LogP contribution in [0.1, 0.15) is 55.6 Å². The Bertz CT molecular complexity index is 1050. The highest BCUT2D eigenvalue weighted by Crippen LogP contribution is 2.44. The first-order chi connectivity index (χ1) is 16.5. The molecule has 2 aromatic carbocycles. The Morgan fingerprint density at radius 3 is 2.21 bits per heavy atom. The summed E-state index contributed by atoms with van der Waals surface area (Å²) < 4.78 is 5.63. The molecule has 0 saturated heterocycles. The van der Waals surface area contributed by atoms with E-state index in [2.05, 4.69) is 34.9 Å². The molecular weight excluding hydrogens is 432 g/mol. The van der Waals surface area contributed by atoms with E-state index in [0.717, 1.165) is 30.4 Å². The molecule has 2 saturated carbocycles. The normalized spacial score (nSPS) is 21.9. The minimum Gasteiger partial charge on any atom is -0.480 e. The largest absolute Gasteiger partial charge is 0.480 e. The number of carboxylic acids is 1. The van der Waals surface area contributed by atoms with Crippen molar-refractivity contribution in [3.05, 3.63) is 59.7 Å². The second kappa shape index (κ2) is 9.49. The highest BCUT2D eigenvalue weighted by molar-refractivity contribution is 5.86. The molecule has 0 unspecified atom stereocenters. The van der Waals surface area contributed by atoms with Crippen molar-refractivity contribution in [3.8, 4) is 11.1 Å². The lowest BCUT2D eigenvalue weighted by Gasteiger charge is -2.23. The standard InChI is InChI=1S/C27H30N2O5/c30-25(28-24(26(31)32)14-16-12-13-16)21-10-5-11-23(21)29-27(33)34-15-22-19-8-3-1-6-17(19)18-7-2-4-9-20(18)22/h1-4,6-9,16,21-24H,5,10-15H2,(H,28,30)(H,29,33)(H,31,32)/t21-,23+,24+/m1/s1. The number of carboxylic acid groups (broad SMARTS) is 1. The van der Waals surface area contributed by atoms with Crippen molar-refractivity contribution in [2.75, 3.05) is 6.61 Å². The number of rotatable bonds is 8. The number of fused-ring (bicyclic) bond motifs is 3. The van der Waals surface area contributed by atoms with Crippen LogP contribution in [0.15, 0.2) is 48.5 Å². The lowest BCUT2D eigenvalue weighted by atomic mass is 9.98. The van der Waals surface area contributed by atoms with E-state index in [1.807, 2.05) is 24.3 Å². The number of alkyl carbamates (subject to hydrolysis) is 1. The van der Waals surface area contributed by atoms with Crippen molar-refractivity contribution in [3.63, 3.8) is 0 Å². The van der Waals surface area contributed by atoms with Crippen molar-refractivity contribution in [2.24, 2.45) is 11.8 Å². The van der Waals surface area contributed by atoms with Gasteiger partial charge in [0.2, 0.25) is 5.91 Å². The van der Waals surface area contributed by atoms with Crippen LogP contribution >= 0.6 is 0 Å². The zero-order valence-corrected chi connectivity index (χ0v) is 19.0. The molecule has 3 aliphatic carbocycles. The number of hydrogen-bond acceptors (Lipinski definition) is 4. The molecule has 2 amide bonds. The Hall–Kier alpha value is -3.35. The maximum absolute atomic E-state index is 12.8. The molecule has 0 heterocycles. The van der Waals surface area contributed by atoms with Crippen LogP contribution in [0, 0.1) is 11.8 Å². The van der Waals surface area contributed by atoms with Gasteiger partial charge in [0.05, 0.1) is 5.92 Å². The average Bonchev–Trinajstić information content (AvgIpc) is 3.43. The third-order valence-corrected chi connectivity index (χ3v) is 7.38. The highest BCUT2D eigenvalue weighted by Gasteiger charge is 2.38. The minimum absolute atomic E-state index is 0.0282. The lowest BCUT2D eigenvalue weighted by Crippen LogP contribution is -2.49. The molecule has 5 rings (SSSR count). The fourth-order valence-electron chi connectivity index (χ4n) is 5.43. The topological polar surface area (TPSA) is 105 Å². The summed E-state index contributed by atoms with van der Waals surface area (Å²) in [6.07, 6.45) is 4.06. The van der Waals surface area contributed by atoms with Crippen LogP contribution in [-0.2, 0) is 14.3 Å². The van der Waals surface area contributed by atoms with Gasteiger partial charge in [-0.2, -0.15) is 0 Å². The smallest absolute Gasteiger partial charge is 0.407 e. The summed E-state index contributed by atoms with van der Waals surface area (Å²) >= 11 is 0. The molecule has 0 spiro atoms. The number of carbonyl (C=O) groups excluding carboxylic acids is 2. The second-order valence-corrected chi connectivity index (χ2v) is 9.69. The maximum Gasteiger partial charge on any atom is 0.407 e. The van der Waals surface area contributed by atoms with Crippen molar-refractivity contribution in [2.45, 2.75) is 56.5 Å². The molecule has 7 nitrogen and oxygen atoms in total. The maximum atomic E-state index is 12.8. The third-order valence-electron chi connectivity index (χ3n) is 7.38. The zero-order chi connectivity index (χ0) is 23.7. The predicted octanol–water partition coefficient (Wildman–Crippen LogP) is 4.06. The lowest BCUT2D eigenvalue weighted by molar-refractivity contribution is -0.142. The monoisotopic (exact) mass is 462 g/mol. The molecule has 0 radical (unpaired) electrons. The molecule has 0 aliphatic heterocycles. The Kier molecular flexibility index (Phi) is 6.26. The number of aliphatic carboxylic acids is 1. The van der Waals surface area contributed by atoms with E-state index in [9.17, 15) is 19.5 Å². The van der Waals surface area contributed by atoms with E-state index >= 15 is 0 Å². The van der Waals surface area contributed by atoms with Gasteiger partial charge in [-0.1, -0.05) is 67.8 Å². The fraction of sp³-hybridized carbons (Fsp3) is 0.444. The molecule has 2 aromatic rings. The first-order valence-electron chi connectivity index (χ1n) is 12.2. The zero-order valence-electron chi connectivity index (χ0n) is 19.0. The summed E-state index contributed by atoms with van der Waals surface area (Å²) in [6.45, 7) is 0.214. The van der Waals surface area contributed by atoms with Gasteiger partial charge in [-0.3, -0.25) is 4.79 Å². The van der Waals surface area contributed by atoms with Crippen molar-refractivity contribution in [1.82, 2.24) is 10.6 Å². The number of carbonyl (C=O) groups is 3. The van der Waals surface area contributed by atoms with E-state index in [4.69, 9.17) is 4.74 Å². The van der Waals surface area contributed by atoms with Gasteiger partial charge in [0, 0.05) is 12.0 Å². The summed E-state index contributed by atoms with van der Waals surface area (Å²) in [5, 5.41) is 15.0. The van der Waals surface area contributed by atoms with Crippen LogP contribution in [0.4, 0.5) is 4.79 Å². The van der Waals surface area contributed by atoms with Gasteiger partial charge in [-0.05, 0) is 47.4 Å². The fourth-order valence-corrected chi connectivity index (χ4v) is 5.43. The number of ether oxygens (including phenoxy) is 1. The quantitative estimate of drug-likeness (QED) is 0.549. The Labute approximate surface area is 198 Å². The molecule has 0 aromatic heterocycles. The number of hydrogen-bond donors (Lipinski definition) is 3. The van der Waals surface area contributed by atoms with Crippen LogP contribution in [0.5, 0.6) is 0 Å². The summed E-state index contributed by atoms with van der Waals surface area (Å²) in [5.74, 6) is -1.38. The molecule has 2 fully saturated rings. The average molecular weight is 463 g/mol. The highest BCUT2D eigenvalue weighted by atomic mass is 16.5. The van der Waals surface area contributed by atoms with E-state index in [1.54, 1.807) is 0 Å². The molecule has 178 valence electrons. The molecule has 3 aliphatic rings. The molecule has 0 bridgehead atoms. The van der Waals surface area contributed by atoms with Gasteiger partial charge in [-0.15, -0.1) is 0 Å². The summed E-state index contributed by atoms with van der Waals surface area (Å²) in [7, 11) is 0. The van der Waals surface area contributed by atoms with Crippen molar-refractivity contribution < 1.29 is 24.2 Å². The van der Waals surface area contributed by atoms with Crippen LogP contribution in [0.25, 0.3) is 11.1 Å². The Morgan fingerprint density at radius 1 is 0.941 bits per heavy atom. The summed E-state index contributed by atoms with van der Waals surface area (Å²) in [4.78, 5) is 37.1. The first kappa shape index (κ1) is 22.4. The van der Waals surface area contributed by atoms with Gasteiger partial charge in [0.15, 0.2) is 0 Å². The van der Waals surface area contributed by atoms with Gasteiger partial charge in [0.25, 0.3) is 0 Å². The predicted molar refractivity (Wildman–Crippen MR) is 126 cm³/mol. The van der Waals surface area contributed by atoms with E-state index in [1.165, 1.54) is 11.1 Å². The van der Waals surface area contributed by atoms with Gasteiger partial charge in [-0.25, -0.2) is 9.59 Å². The van der Waals surface area contributed by atoms with Crippen LogP contribution in [0.3, 0.4) is 0 Å². The molecule has 3 N–H and O–H groups in total. The van der Waals surface area contributed by atoms with E-state index in [-0.39, 0.29) is 24.5 Å². The molecule has 34 heavy (non-hydrogen) atoms.